The third-order valence-corrected chi connectivity index (χ3v) is 3.51. The molecule has 2 aromatic carbocycles. The van der Waals surface area contributed by atoms with Crippen molar-refractivity contribution in [2.45, 2.75) is 13.0 Å². The van der Waals surface area contributed by atoms with Crippen molar-refractivity contribution in [1.29, 1.82) is 0 Å². The lowest BCUT2D eigenvalue weighted by Gasteiger charge is -2.28. The van der Waals surface area contributed by atoms with E-state index in [0.717, 1.165) is 10.5 Å². The Balaban J connectivity index is 2.56. The number of carbonyl (C=O) groups is 2. The molecule has 0 aromatic heterocycles. The lowest BCUT2D eigenvalue weighted by atomic mass is 10.0. The van der Waals surface area contributed by atoms with Gasteiger partial charge in [0.2, 0.25) is 0 Å². The topological polar surface area (TPSA) is 92.9 Å². The number of aryl methyl sites for hydroxylation is 1. The Morgan fingerprint density at radius 2 is 1.83 bits per heavy atom. The van der Waals surface area contributed by atoms with E-state index in [1.54, 1.807) is 48.5 Å². The summed E-state index contributed by atoms with van der Waals surface area (Å²) in [5.41, 5.74) is 7.14. The zero-order valence-electron chi connectivity index (χ0n) is 12.9. The van der Waals surface area contributed by atoms with Gasteiger partial charge in [-0.15, -0.1) is 0 Å². The summed E-state index contributed by atoms with van der Waals surface area (Å²) < 4.78 is 5.24. The number of benzene rings is 2. The first kappa shape index (κ1) is 16.4. The maximum Gasteiger partial charge on any atom is 0.331 e. The fraction of sp³-hybridized carbons (Fsp3) is 0.176. The van der Waals surface area contributed by atoms with E-state index < -0.39 is 18.0 Å². The third-order valence-electron chi connectivity index (χ3n) is 3.51. The van der Waals surface area contributed by atoms with Crippen LogP contribution >= 0.6 is 0 Å². The van der Waals surface area contributed by atoms with Gasteiger partial charge in [-0.2, -0.15) is 0 Å². The van der Waals surface area contributed by atoms with Crippen LogP contribution in [0.4, 0.5) is 10.5 Å². The number of amides is 2. The molecular weight excluding hydrogens is 296 g/mol. The second-order valence-electron chi connectivity index (χ2n) is 5.01. The van der Waals surface area contributed by atoms with Gasteiger partial charge in [0.25, 0.3) is 0 Å². The summed E-state index contributed by atoms with van der Waals surface area (Å²) in [6.07, 6.45) is 0. The molecule has 1 atom stereocenters. The number of anilines is 1. The lowest BCUT2D eigenvalue weighted by molar-refractivity contribution is -0.138. The molecule has 6 nitrogen and oxygen atoms in total. The standard InChI is InChI=1S/C17H18N2O4/c1-11-8-9-13(10-14(11)23-2)19(17(18)22)15(16(20)21)12-6-4-3-5-7-12/h3-10,15H,1-2H3,(H2,18,22)(H,20,21). The van der Waals surface area contributed by atoms with Gasteiger partial charge in [-0.1, -0.05) is 36.4 Å². The van der Waals surface area contributed by atoms with E-state index in [9.17, 15) is 14.7 Å². The molecule has 6 heteroatoms. The van der Waals surface area contributed by atoms with Crippen molar-refractivity contribution in [1.82, 2.24) is 0 Å². The van der Waals surface area contributed by atoms with Crippen molar-refractivity contribution >= 4 is 17.7 Å². The van der Waals surface area contributed by atoms with Gasteiger partial charge in [0.05, 0.1) is 12.8 Å². The van der Waals surface area contributed by atoms with Crippen LogP contribution in [0, 0.1) is 6.92 Å². The number of methoxy groups -OCH3 is 1. The second kappa shape index (κ2) is 6.83. The Morgan fingerprint density at radius 3 is 2.35 bits per heavy atom. The number of aliphatic carboxylic acids is 1. The molecule has 0 bridgehead atoms. The molecule has 0 aliphatic rings. The SMILES string of the molecule is COc1cc(N(C(N)=O)C(C(=O)O)c2ccccc2)ccc1C. The fourth-order valence-electron chi connectivity index (χ4n) is 2.40. The number of hydrogen-bond acceptors (Lipinski definition) is 3. The monoisotopic (exact) mass is 314 g/mol. The zero-order valence-corrected chi connectivity index (χ0v) is 12.9. The van der Waals surface area contributed by atoms with E-state index in [0.29, 0.717) is 17.0 Å². The summed E-state index contributed by atoms with van der Waals surface area (Å²) >= 11 is 0. The molecule has 1 unspecified atom stereocenters. The number of nitrogens with two attached hydrogens (primary N) is 1. The minimum Gasteiger partial charge on any atom is -0.496 e. The molecule has 2 rings (SSSR count). The van der Waals surface area contributed by atoms with Crippen molar-refractivity contribution < 1.29 is 19.4 Å². The third kappa shape index (κ3) is 3.42. The maximum absolute atomic E-state index is 11.9. The Bertz CT molecular complexity index is 716. The number of nitrogens with zero attached hydrogens (tertiary/aromatic N) is 1. The van der Waals surface area contributed by atoms with E-state index in [1.807, 2.05) is 6.92 Å². The lowest BCUT2D eigenvalue weighted by Crippen LogP contribution is -2.42. The molecule has 0 aliphatic carbocycles. The number of carboxylic acid groups (broad SMARTS) is 1. The Kier molecular flexibility index (Phi) is 4.85. The van der Waals surface area contributed by atoms with Crippen LogP contribution in [0.3, 0.4) is 0 Å². The molecule has 0 saturated carbocycles. The molecule has 0 aliphatic heterocycles. The molecule has 0 radical (unpaired) electrons. The van der Waals surface area contributed by atoms with Crippen molar-refractivity contribution in [2.24, 2.45) is 5.73 Å². The molecule has 2 aromatic rings. The van der Waals surface area contributed by atoms with Crippen LogP contribution in [-0.2, 0) is 4.79 Å². The van der Waals surface area contributed by atoms with E-state index >= 15 is 0 Å². The van der Waals surface area contributed by atoms with Crippen LogP contribution < -0.4 is 15.4 Å². The van der Waals surface area contributed by atoms with Crippen LogP contribution in [0.15, 0.2) is 48.5 Å². The Hall–Kier alpha value is -3.02. The van der Waals surface area contributed by atoms with E-state index in [4.69, 9.17) is 10.5 Å². The molecule has 3 N–H and O–H groups in total. The number of rotatable bonds is 5. The first-order chi connectivity index (χ1) is 11.0. The van der Waals surface area contributed by atoms with Gasteiger partial charge in [-0.3, -0.25) is 4.90 Å². The van der Waals surface area contributed by atoms with Crippen molar-refractivity contribution in [2.75, 3.05) is 12.0 Å². The summed E-state index contributed by atoms with van der Waals surface area (Å²) in [5.74, 6) is -0.625. The average Bonchev–Trinajstić information content (AvgIpc) is 2.53. The van der Waals surface area contributed by atoms with Gasteiger partial charge in [0, 0.05) is 6.07 Å². The average molecular weight is 314 g/mol. The first-order valence-electron chi connectivity index (χ1n) is 6.96. The number of hydrogen-bond donors (Lipinski definition) is 2. The van der Waals surface area contributed by atoms with Gasteiger partial charge in [0.15, 0.2) is 6.04 Å². The largest absolute Gasteiger partial charge is 0.496 e. The van der Waals surface area contributed by atoms with Gasteiger partial charge in [0.1, 0.15) is 5.75 Å². The minimum absolute atomic E-state index is 0.358. The van der Waals surface area contributed by atoms with E-state index in [-0.39, 0.29) is 0 Å². The number of urea groups is 1. The van der Waals surface area contributed by atoms with Gasteiger partial charge in [-0.05, 0) is 24.1 Å². The normalized spacial score (nSPS) is 11.6. The number of ether oxygens (including phenoxy) is 1. The highest BCUT2D eigenvalue weighted by molar-refractivity contribution is 5.98. The van der Waals surface area contributed by atoms with Gasteiger partial charge < -0.3 is 15.6 Å². The van der Waals surface area contributed by atoms with Crippen LogP contribution in [0.2, 0.25) is 0 Å². The summed E-state index contributed by atoms with van der Waals surface area (Å²) in [5, 5.41) is 9.61. The highest BCUT2D eigenvalue weighted by atomic mass is 16.5. The summed E-state index contributed by atoms with van der Waals surface area (Å²) in [7, 11) is 1.51. The number of primary amides is 1. The van der Waals surface area contributed by atoms with Crippen molar-refractivity contribution in [3.8, 4) is 5.75 Å². The molecule has 0 fully saturated rings. The van der Waals surface area contributed by atoms with Crippen molar-refractivity contribution in [3.05, 3.63) is 59.7 Å². The van der Waals surface area contributed by atoms with Crippen LogP contribution in [0.25, 0.3) is 0 Å². The summed E-state index contributed by atoms with van der Waals surface area (Å²) in [6.45, 7) is 1.85. The Labute approximate surface area is 134 Å². The van der Waals surface area contributed by atoms with Crippen LogP contribution in [0.1, 0.15) is 17.2 Å². The summed E-state index contributed by atoms with van der Waals surface area (Å²) in [6, 6.07) is 11.4. The molecular formula is C17H18N2O4. The van der Waals surface area contributed by atoms with Crippen LogP contribution in [0.5, 0.6) is 5.75 Å². The summed E-state index contributed by atoms with van der Waals surface area (Å²) in [4.78, 5) is 24.7. The van der Waals surface area contributed by atoms with E-state index in [2.05, 4.69) is 0 Å². The molecule has 0 spiro atoms. The Morgan fingerprint density at radius 1 is 1.17 bits per heavy atom. The molecule has 2 amide bonds. The molecule has 0 saturated heterocycles. The molecule has 120 valence electrons. The predicted octanol–water partition coefficient (Wildman–Crippen LogP) is 2.71. The number of carboxylic acids is 1. The van der Waals surface area contributed by atoms with Gasteiger partial charge in [-0.25, -0.2) is 9.59 Å². The quantitative estimate of drug-likeness (QED) is 0.887. The minimum atomic E-state index is -1.22. The van der Waals surface area contributed by atoms with Crippen molar-refractivity contribution in [3.63, 3.8) is 0 Å². The van der Waals surface area contributed by atoms with E-state index in [1.165, 1.54) is 7.11 Å². The maximum atomic E-state index is 11.9. The predicted molar refractivity (Wildman–Crippen MR) is 86.6 cm³/mol. The second-order valence-corrected chi connectivity index (χ2v) is 5.01. The van der Waals surface area contributed by atoms with Gasteiger partial charge >= 0.3 is 12.0 Å². The molecule has 0 heterocycles. The number of carbonyl (C=O) groups excluding carboxylic acids is 1. The first-order valence-corrected chi connectivity index (χ1v) is 6.96. The molecule has 23 heavy (non-hydrogen) atoms. The zero-order chi connectivity index (χ0) is 17.0. The fourth-order valence-corrected chi connectivity index (χ4v) is 2.40. The highest BCUT2D eigenvalue weighted by Crippen LogP contribution is 2.31. The van der Waals surface area contributed by atoms with Crippen LogP contribution in [-0.4, -0.2) is 24.2 Å². The smallest absolute Gasteiger partial charge is 0.331 e. The highest BCUT2D eigenvalue weighted by Gasteiger charge is 2.31.